The maximum Gasteiger partial charge on any atom is 0.289 e. The van der Waals surface area contributed by atoms with Gasteiger partial charge in [0.25, 0.3) is 5.69 Å². The van der Waals surface area contributed by atoms with E-state index in [0.29, 0.717) is 5.69 Å². The number of carbonyl (C=O) groups excluding carboxylic acids is 1. The highest BCUT2D eigenvalue weighted by molar-refractivity contribution is 6.32. The number of piperidine rings is 1. The van der Waals surface area contributed by atoms with Crippen LogP contribution >= 0.6 is 11.6 Å². The third kappa shape index (κ3) is 4.66. The third-order valence-corrected chi connectivity index (χ3v) is 3.48. The van der Waals surface area contributed by atoms with Gasteiger partial charge in [-0.15, -0.1) is 0 Å². The quantitative estimate of drug-likeness (QED) is 0.640. The lowest BCUT2D eigenvalue weighted by molar-refractivity contribution is -0.384. The predicted molar refractivity (Wildman–Crippen MR) is 78.6 cm³/mol. The first-order valence-corrected chi connectivity index (χ1v) is 7.00. The van der Waals surface area contributed by atoms with Gasteiger partial charge in [0.2, 0.25) is 5.91 Å². The first-order chi connectivity index (χ1) is 10.1. The number of ether oxygens (including phenoxy) is 1. The van der Waals surface area contributed by atoms with E-state index in [1.165, 1.54) is 18.2 Å². The number of rotatable bonds is 5. The van der Waals surface area contributed by atoms with Crippen molar-refractivity contribution in [3.05, 3.63) is 33.3 Å². The van der Waals surface area contributed by atoms with Crippen LogP contribution in [0.4, 0.5) is 11.4 Å². The molecule has 7 nitrogen and oxygen atoms in total. The maximum absolute atomic E-state index is 11.8. The number of hydrogen-bond acceptors (Lipinski definition) is 5. The van der Waals surface area contributed by atoms with Crippen LogP contribution in [0.15, 0.2) is 18.2 Å². The molecule has 0 atom stereocenters. The number of anilines is 1. The molecular formula is C13H16ClN3O4. The van der Waals surface area contributed by atoms with Crippen molar-refractivity contribution >= 4 is 28.9 Å². The van der Waals surface area contributed by atoms with Crippen molar-refractivity contribution in [1.82, 2.24) is 5.32 Å². The minimum Gasteiger partial charge on any atom is -0.368 e. The minimum atomic E-state index is -0.594. The summed E-state index contributed by atoms with van der Waals surface area (Å²) in [5.74, 6) is -0.342. The van der Waals surface area contributed by atoms with Crippen molar-refractivity contribution in [2.75, 3.05) is 25.0 Å². The Morgan fingerprint density at radius 1 is 1.48 bits per heavy atom. The molecule has 1 aromatic carbocycles. The molecule has 1 aliphatic heterocycles. The molecule has 0 aliphatic carbocycles. The van der Waals surface area contributed by atoms with Crippen molar-refractivity contribution in [2.45, 2.75) is 18.9 Å². The largest absolute Gasteiger partial charge is 0.368 e. The molecule has 21 heavy (non-hydrogen) atoms. The molecule has 114 valence electrons. The molecular weight excluding hydrogens is 298 g/mol. The molecule has 8 heteroatoms. The van der Waals surface area contributed by atoms with Crippen LogP contribution in [0.25, 0.3) is 0 Å². The highest BCUT2D eigenvalue weighted by Gasteiger charge is 2.16. The van der Waals surface area contributed by atoms with Crippen molar-refractivity contribution in [3.63, 3.8) is 0 Å². The van der Waals surface area contributed by atoms with Crippen LogP contribution in [0.5, 0.6) is 0 Å². The number of nitro benzene ring substituents is 1. The van der Waals surface area contributed by atoms with Crippen LogP contribution in [0, 0.1) is 10.1 Å². The fraction of sp³-hybridized carbons (Fsp3) is 0.462. The van der Waals surface area contributed by atoms with Crippen molar-refractivity contribution in [1.29, 1.82) is 0 Å². The molecule has 2 rings (SSSR count). The van der Waals surface area contributed by atoms with Crippen molar-refractivity contribution in [3.8, 4) is 0 Å². The van der Waals surface area contributed by atoms with E-state index in [1.54, 1.807) is 0 Å². The van der Waals surface area contributed by atoms with Gasteiger partial charge in [-0.3, -0.25) is 14.9 Å². The Bertz CT molecular complexity index is 532. The summed E-state index contributed by atoms with van der Waals surface area (Å²) in [4.78, 5) is 21.9. The number of nitrogens with zero attached hydrogens (tertiary/aromatic N) is 1. The number of benzene rings is 1. The van der Waals surface area contributed by atoms with Gasteiger partial charge in [-0.25, -0.2) is 0 Å². The highest BCUT2D eigenvalue weighted by atomic mass is 35.5. The zero-order valence-corrected chi connectivity index (χ0v) is 12.1. The van der Waals surface area contributed by atoms with Crippen LogP contribution < -0.4 is 10.6 Å². The summed E-state index contributed by atoms with van der Waals surface area (Å²) in [5, 5.41) is 16.6. The highest BCUT2D eigenvalue weighted by Crippen LogP contribution is 2.27. The zero-order chi connectivity index (χ0) is 15.2. The summed E-state index contributed by atoms with van der Waals surface area (Å²) in [6.45, 7) is 1.70. The number of hydrogen-bond donors (Lipinski definition) is 2. The summed E-state index contributed by atoms with van der Waals surface area (Å²) in [7, 11) is 0. The fourth-order valence-electron chi connectivity index (χ4n) is 2.08. The van der Waals surface area contributed by atoms with Crippen LogP contribution in [0.2, 0.25) is 5.02 Å². The second-order valence-corrected chi connectivity index (χ2v) is 5.14. The Morgan fingerprint density at radius 3 is 2.86 bits per heavy atom. The van der Waals surface area contributed by atoms with Crippen LogP contribution in [-0.2, 0) is 9.53 Å². The van der Waals surface area contributed by atoms with E-state index in [2.05, 4.69) is 10.6 Å². The van der Waals surface area contributed by atoms with Gasteiger partial charge < -0.3 is 15.4 Å². The van der Waals surface area contributed by atoms with Gasteiger partial charge in [-0.2, -0.15) is 0 Å². The molecule has 1 aromatic rings. The van der Waals surface area contributed by atoms with Gasteiger partial charge in [-0.05, 0) is 38.1 Å². The monoisotopic (exact) mass is 313 g/mol. The number of amides is 1. The Hall–Kier alpha value is -1.70. The third-order valence-electron chi connectivity index (χ3n) is 3.16. The SMILES string of the molecule is O=C(COC1CCNCC1)Nc1ccc(Cl)c([N+](=O)[O-])c1. The second kappa shape index (κ2) is 7.35. The lowest BCUT2D eigenvalue weighted by Crippen LogP contribution is -2.34. The fourth-order valence-corrected chi connectivity index (χ4v) is 2.27. The second-order valence-electron chi connectivity index (χ2n) is 4.73. The summed E-state index contributed by atoms with van der Waals surface area (Å²) >= 11 is 5.71. The molecule has 1 amide bonds. The van der Waals surface area contributed by atoms with Gasteiger partial charge in [0, 0.05) is 11.8 Å². The maximum atomic E-state index is 11.8. The van der Waals surface area contributed by atoms with Crippen LogP contribution in [0.3, 0.4) is 0 Å². The zero-order valence-electron chi connectivity index (χ0n) is 11.3. The van der Waals surface area contributed by atoms with Gasteiger partial charge in [0.15, 0.2) is 0 Å². The molecule has 0 bridgehead atoms. The number of halogens is 1. The molecule has 1 saturated heterocycles. The predicted octanol–water partition coefficient (Wildman–Crippen LogP) is 1.96. The van der Waals surface area contributed by atoms with E-state index in [-0.39, 0.29) is 29.3 Å². The van der Waals surface area contributed by atoms with E-state index in [9.17, 15) is 14.9 Å². The Morgan fingerprint density at radius 2 is 2.19 bits per heavy atom. The average molecular weight is 314 g/mol. The van der Waals surface area contributed by atoms with Gasteiger partial charge in [-0.1, -0.05) is 11.6 Å². The van der Waals surface area contributed by atoms with E-state index in [4.69, 9.17) is 16.3 Å². The number of nitrogens with one attached hydrogen (secondary N) is 2. The standard InChI is InChI=1S/C13H16ClN3O4/c14-11-2-1-9(7-12(11)17(19)20)16-13(18)8-21-10-3-5-15-6-4-10/h1-2,7,10,15H,3-6,8H2,(H,16,18). The summed E-state index contributed by atoms with van der Waals surface area (Å²) in [5.41, 5.74) is 0.0822. The number of carbonyl (C=O) groups is 1. The molecule has 0 spiro atoms. The van der Waals surface area contributed by atoms with E-state index < -0.39 is 4.92 Å². The average Bonchev–Trinajstić information content (AvgIpc) is 2.48. The normalized spacial score (nSPS) is 15.7. The molecule has 1 aliphatic rings. The molecule has 0 radical (unpaired) electrons. The molecule has 0 saturated carbocycles. The van der Waals surface area contributed by atoms with E-state index in [1.807, 2.05) is 0 Å². The lowest BCUT2D eigenvalue weighted by Gasteiger charge is -2.22. The first kappa shape index (κ1) is 15.7. The van der Waals surface area contributed by atoms with Crippen molar-refractivity contribution < 1.29 is 14.5 Å². The van der Waals surface area contributed by atoms with Crippen LogP contribution in [0.1, 0.15) is 12.8 Å². The van der Waals surface area contributed by atoms with E-state index >= 15 is 0 Å². The summed E-state index contributed by atoms with van der Waals surface area (Å²) in [6, 6.07) is 4.12. The first-order valence-electron chi connectivity index (χ1n) is 6.62. The minimum absolute atomic E-state index is 0.0314. The Kier molecular flexibility index (Phi) is 5.49. The Labute approximate surface area is 126 Å². The molecule has 2 N–H and O–H groups in total. The molecule has 0 unspecified atom stereocenters. The van der Waals surface area contributed by atoms with Gasteiger partial charge in [0.05, 0.1) is 11.0 Å². The topological polar surface area (TPSA) is 93.5 Å². The Balaban J connectivity index is 1.87. The smallest absolute Gasteiger partial charge is 0.289 e. The summed E-state index contributed by atoms with van der Waals surface area (Å²) in [6.07, 6.45) is 1.83. The molecule has 1 heterocycles. The summed E-state index contributed by atoms with van der Waals surface area (Å²) < 4.78 is 5.51. The van der Waals surface area contributed by atoms with Crippen LogP contribution in [-0.4, -0.2) is 36.6 Å². The molecule has 1 fully saturated rings. The number of nitro groups is 1. The van der Waals surface area contributed by atoms with Gasteiger partial charge in [0.1, 0.15) is 11.6 Å². The lowest BCUT2D eigenvalue weighted by atomic mass is 10.1. The van der Waals surface area contributed by atoms with Crippen molar-refractivity contribution in [2.24, 2.45) is 0 Å². The van der Waals surface area contributed by atoms with E-state index in [0.717, 1.165) is 25.9 Å². The van der Waals surface area contributed by atoms with Gasteiger partial charge >= 0.3 is 0 Å². The molecule has 0 aromatic heterocycles.